The number of benzene rings is 1. The molecule has 3 heterocycles. The fraction of sp³-hybridized carbons (Fsp3) is 0.526. The van der Waals surface area contributed by atoms with Crippen molar-refractivity contribution in [2.75, 3.05) is 19.6 Å². The third-order valence-corrected chi connectivity index (χ3v) is 5.82. The van der Waals surface area contributed by atoms with Crippen molar-refractivity contribution in [1.29, 1.82) is 0 Å². The molecular weight excluding hydrogens is 332 g/mol. The SMILES string of the molecule is O=C1NC(=O)C2(CCN(C(=O)C3CCCN3Cc3ccccc3)CC2)N1. The molecule has 7 heteroatoms. The molecule has 1 aromatic carbocycles. The summed E-state index contributed by atoms with van der Waals surface area (Å²) in [5.41, 5.74) is 0.392. The third-order valence-electron chi connectivity index (χ3n) is 5.82. The van der Waals surface area contributed by atoms with Crippen molar-refractivity contribution in [2.45, 2.75) is 43.8 Å². The summed E-state index contributed by atoms with van der Waals surface area (Å²) < 4.78 is 0. The summed E-state index contributed by atoms with van der Waals surface area (Å²) in [7, 11) is 0. The molecule has 4 rings (SSSR count). The molecule has 1 atom stereocenters. The average Bonchev–Trinajstić information content (AvgIpc) is 3.20. The first-order valence-electron chi connectivity index (χ1n) is 9.28. The molecule has 3 saturated heterocycles. The Morgan fingerprint density at radius 3 is 2.50 bits per heavy atom. The highest BCUT2D eigenvalue weighted by molar-refractivity contribution is 6.07. The first kappa shape index (κ1) is 17.0. The summed E-state index contributed by atoms with van der Waals surface area (Å²) >= 11 is 0. The zero-order valence-electron chi connectivity index (χ0n) is 14.7. The van der Waals surface area contributed by atoms with Gasteiger partial charge in [-0.25, -0.2) is 4.79 Å². The summed E-state index contributed by atoms with van der Waals surface area (Å²) in [5, 5.41) is 5.05. The topological polar surface area (TPSA) is 81.8 Å². The Kier molecular flexibility index (Phi) is 4.40. The Morgan fingerprint density at radius 1 is 1.12 bits per heavy atom. The van der Waals surface area contributed by atoms with Crippen molar-refractivity contribution >= 4 is 17.8 Å². The zero-order chi connectivity index (χ0) is 18.1. The first-order valence-corrected chi connectivity index (χ1v) is 9.28. The number of nitrogens with one attached hydrogen (secondary N) is 2. The molecule has 0 aliphatic carbocycles. The second-order valence-corrected chi connectivity index (χ2v) is 7.43. The molecule has 1 unspecified atom stereocenters. The smallest absolute Gasteiger partial charge is 0.322 e. The second kappa shape index (κ2) is 6.72. The van der Waals surface area contributed by atoms with Gasteiger partial charge in [0.05, 0.1) is 6.04 Å². The molecule has 1 aromatic rings. The van der Waals surface area contributed by atoms with E-state index in [4.69, 9.17) is 0 Å². The number of piperidine rings is 1. The van der Waals surface area contributed by atoms with Crippen LogP contribution < -0.4 is 10.6 Å². The van der Waals surface area contributed by atoms with Crippen LogP contribution in [0.2, 0.25) is 0 Å². The average molecular weight is 356 g/mol. The molecule has 2 N–H and O–H groups in total. The molecule has 26 heavy (non-hydrogen) atoms. The standard InChI is InChI=1S/C19H24N4O3/c24-16(15-7-4-10-23(15)13-14-5-2-1-3-6-14)22-11-8-19(9-12-22)17(25)20-18(26)21-19/h1-3,5-6,15H,4,7-13H2,(H2,20,21,25,26). The van der Waals surface area contributed by atoms with Crippen LogP contribution in [-0.2, 0) is 16.1 Å². The van der Waals surface area contributed by atoms with E-state index < -0.39 is 11.6 Å². The van der Waals surface area contributed by atoms with Gasteiger partial charge in [0.25, 0.3) is 5.91 Å². The van der Waals surface area contributed by atoms with Gasteiger partial charge >= 0.3 is 6.03 Å². The largest absolute Gasteiger partial charge is 0.341 e. The number of rotatable bonds is 3. The van der Waals surface area contributed by atoms with E-state index in [2.05, 4.69) is 27.7 Å². The summed E-state index contributed by atoms with van der Waals surface area (Å²) in [5.74, 6) is -0.112. The van der Waals surface area contributed by atoms with Gasteiger partial charge in [-0.05, 0) is 37.8 Å². The summed E-state index contributed by atoms with van der Waals surface area (Å²) in [6.07, 6.45) is 2.85. The van der Waals surface area contributed by atoms with Crippen LogP contribution in [0.1, 0.15) is 31.2 Å². The Bertz CT molecular complexity index is 713. The van der Waals surface area contributed by atoms with E-state index in [1.165, 1.54) is 5.56 Å². The van der Waals surface area contributed by atoms with Crippen LogP contribution in [0, 0.1) is 0 Å². The molecule has 1 spiro atoms. The molecular formula is C19H24N4O3. The lowest BCUT2D eigenvalue weighted by molar-refractivity contribution is -0.139. The van der Waals surface area contributed by atoms with Gasteiger partial charge < -0.3 is 10.2 Å². The van der Waals surface area contributed by atoms with Gasteiger partial charge in [0.1, 0.15) is 5.54 Å². The molecule has 3 aliphatic heterocycles. The van der Waals surface area contributed by atoms with E-state index in [0.717, 1.165) is 25.9 Å². The molecule has 3 aliphatic rings. The van der Waals surface area contributed by atoms with Gasteiger partial charge in [-0.3, -0.25) is 19.8 Å². The van der Waals surface area contributed by atoms with Crippen molar-refractivity contribution in [3.63, 3.8) is 0 Å². The maximum absolute atomic E-state index is 13.0. The van der Waals surface area contributed by atoms with Crippen LogP contribution in [0.15, 0.2) is 30.3 Å². The number of hydrogen-bond acceptors (Lipinski definition) is 4. The van der Waals surface area contributed by atoms with Crippen molar-refractivity contribution in [3.05, 3.63) is 35.9 Å². The van der Waals surface area contributed by atoms with Gasteiger partial charge in [0.2, 0.25) is 5.91 Å². The number of carbonyl (C=O) groups is 3. The number of carbonyl (C=O) groups excluding carboxylic acids is 3. The van der Waals surface area contributed by atoms with Crippen molar-refractivity contribution in [1.82, 2.24) is 20.4 Å². The lowest BCUT2D eigenvalue weighted by atomic mass is 9.87. The lowest BCUT2D eigenvalue weighted by Gasteiger charge is -2.39. The fourth-order valence-corrected chi connectivity index (χ4v) is 4.31. The summed E-state index contributed by atoms with van der Waals surface area (Å²) in [4.78, 5) is 40.6. The van der Waals surface area contributed by atoms with Crippen molar-refractivity contribution < 1.29 is 14.4 Å². The van der Waals surface area contributed by atoms with E-state index in [-0.39, 0.29) is 17.9 Å². The highest BCUT2D eigenvalue weighted by Gasteiger charge is 2.49. The van der Waals surface area contributed by atoms with E-state index >= 15 is 0 Å². The maximum atomic E-state index is 13.0. The normalized spacial score (nSPS) is 25.4. The highest BCUT2D eigenvalue weighted by atomic mass is 16.2. The molecule has 0 bridgehead atoms. The Balaban J connectivity index is 1.38. The predicted molar refractivity (Wildman–Crippen MR) is 95.1 cm³/mol. The number of urea groups is 1. The van der Waals surface area contributed by atoms with E-state index in [1.54, 1.807) is 0 Å². The molecule has 4 amide bonds. The molecule has 0 saturated carbocycles. The Hall–Kier alpha value is -2.41. The van der Waals surface area contributed by atoms with Gasteiger partial charge in [-0.15, -0.1) is 0 Å². The van der Waals surface area contributed by atoms with E-state index in [0.29, 0.717) is 25.9 Å². The van der Waals surface area contributed by atoms with E-state index in [9.17, 15) is 14.4 Å². The van der Waals surface area contributed by atoms with Crippen LogP contribution in [-0.4, -0.2) is 58.9 Å². The monoisotopic (exact) mass is 356 g/mol. The molecule has 0 radical (unpaired) electrons. The zero-order valence-corrected chi connectivity index (χ0v) is 14.7. The lowest BCUT2D eigenvalue weighted by Crippen LogP contribution is -2.57. The number of hydrogen-bond donors (Lipinski definition) is 2. The van der Waals surface area contributed by atoms with Crippen molar-refractivity contribution in [3.8, 4) is 0 Å². The van der Waals surface area contributed by atoms with Gasteiger partial charge in [0.15, 0.2) is 0 Å². The first-order chi connectivity index (χ1) is 12.6. The highest BCUT2D eigenvalue weighted by Crippen LogP contribution is 2.28. The number of amides is 4. The van der Waals surface area contributed by atoms with Crippen LogP contribution >= 0.6 is 0 Å². The molecule has 138 valence electrons. The summed E-state index contributed by atoms with van der Waals surface area (Å²) in [6.45, 7) is 2.72. The molecule has 0 aromatic heterocycles. The van der Waals surface area contributed by atoms with Crippen LogP contribution in [0.4, 0.5) is 4.79 Å². The van der Waals surface area contributed by atoms with Crippen molar-refractivity contribution in [2.24, 2.45) is 0 Å². The summed E-state index contributed by atoms with van der Waals surface area (Å²) in [6, 6.07) is 9.70. The minimum atomic E-state index is -0.826. The minimum Gasteiger partial charge on any atom is -0.341 e. The third kappa shape index (κ3) is 3.07. The van der Waals surface area contributed by atoms with Gasteiger partial charge in [-0.2, -0.15) is 0 Å². The van der Waals surface area contributed by atoms with Crippen LogP contribution in [0.3, 0.4) is 0 Å². The van der Waals surface area contributed by atoms with E-state index in [1.807, 2.05) is 23.1 Å². The molecule has 7 nitrogen and oxygen atoms in total. The number of imide groups is 1. The second-order valence-electron chi connectivity index (χ2n) is 7.43. The predicted octanol–water partition coefficient (Wildman–Crippen LogP) is 0.852. The number of likely N-dealkylation sites (tertiary alicyclic amines) is 2. The Labute approximate surface area is 152 Å². The fourth-order valence-electron chi connectivity index (χ4n) is 4.31. The maximum Gasteiger partial charge on any atom is 0.322 e. The number of nitrogens with zero attached hydrogens (tertiary/aromatic N) is 2. The minimum absolute atomic E-state index is 0.0868. The quantitative estimate of drug-likeness (QED) is 0.787. The molecule has 3 fully saturated rings. The van der Waals surface area contributed by atoms with Gasteiger partial charge in [-0.1, -0.05) is 30.3 Å². The van der Waals surface area contributed by atoms with Crippen LogP contribution in [0.5, 0.6) is 0 Å². The van der Waals surface area contributed by atoms with Crippen LogP contribution in [0.25, 0.3) is 0 Å². The Morgan fingerprint density at radius 2 is 1.85 bits per heavy atom. The van der Waals surface area contributed by atoms with Gasteiger partial charge in [0, 0.05) is 19.6 Å².